The van der Waals surface area contributed by atoms with Gasteiger partial charge in [-0.25, -0.2) is 0 Å². The quantitative estimate of drug-likeness (QED) is 0.768. The highest BCUT2D eigenvalue weighted by Gasteiger charge is 2.31. The molecule has 0 aromatic carbocycles. The van der Waals surface area contributed by atoms with Crippen molar-refractivity contribution in [2.75, 3.05) is 32.8 Å². The average Bonchev–Trinajstić information content (AvgIpc) is 2.76. The molecule has 2 aliphatic heterocycles. The first-order valence-corrected chi connectivity index (χ1v) is 6.86. The molecule has 1 N–H and O–H groups in total. The summed E-state index contributed by atoms with van der Waals surface area (Å²) in [7, 11) is 0. The topological polar surface area (TPSA) is 24.5 Å². The third kappa shape index (κ3) is 3.19. The van der Waals surface area contributed by atoms with Crippen LogP contribution in [0.25, 0.3) is 0 Å². The standard InChI is InChI=1S/C13H26N2O/c1-3-11(2)7-14-8-13-9-15-6-4-5-12(15)10-16-13/h11-14H,3-10H2,1-2H3. The van der Waals surface area contributed by atoms with Gasteiger partial charge in [0.2, 0.25) is 0 Å². The van der Waals surface area contributed by atoms with Gasteiger partial charge in [0.1, 0.15) is 0 Å². The Labute approximate surface area is 99.5 Å². The Bertz CT molecular complexity index is 210. The highest BCUT2D eigenvalue weighted by molar-refractivity contribution is 4.85. The Kier molecular flexibility index (Phi) is 4.62. The number of ether oxygens (including phenoxy) is 1. The van der Waals surface area contributed by atoms with E-state index in [1.165, 1.54) is 25.8 Å². The van der Waals surface area contributed by atoms with Gasteiger partial charge in [0.05, 0.1) is 12.7 Å². The van der Waals surface area contributed by atoms with E-state index in [0.29, 0.717) is 6.10 Å². The molecule has 3 unspecified atom stereocenters. The Hall–Kier alpha value is -0.120. The Morgan fingerprint density at radius 1 is 1.50 bits per heavy atom. The lowest BCUT2D eigenvalue weighted by atomic mass is 10.1. The molecule has 0 saturated carbocycles. The van der Waals surface area contributed by atoms with E-state index in [2.05, 4.69) is 24.1 Å². The van der Waals surface area contributed by atoms with Crippen LogP contribution in [-0.2, 0) is 4.74 Å². The van der Waals surface area contributed by atoms with Crippen LogP contribution in [0.15, 0.2) is 0 Å². The molecule has 0 aromatic rings. The van der Waals surface area contributed by atoms with E-state index in [1.807, 2.05) is 0 Å². The van der Waals surface area contributed by atoms with Gasteiger partial charge in [-0.2, -0.15) is 0 Å². The van der Waals surface area contributed by atoms with Gasteiger partial charge in [0, 0.05) is 19.1 Å². The number of morpholine rings is 1. The van der Waals surface area contributed by atoms with E-state index in [-0.39, 0.29) is 0 Å². The third-order valence-corrected chi connectivity index (χ3v) is 4.02. The molecule has 2 rings (SSSR count). The van der Waals surface area contributed by atoms with Crippen LogP contribution < -0.4 is 5.32 Å². The summed E-state index contributed by atoms with van der Waals surface area (Å²) in [5, 5.41) is 3.53. The second kappa shape index (κ2) is 5.99. The van der Waals surface area contributed by atoms with Gasteiger partial charge < -0.3 is 10.1 Å². The van der Waals surface area contributed by atoms with Crippen LogP contribution in [0.4, 0.5) is 0 Å². The molecule has 3 atom stereocenters. The molecule has 2 aliphatic rings. The number of nitrogens with one attached hydrogen (secondary N) is 1. The number of hydrogen-bond donors (Lipinski definition) is 1. The SMILES string of the molecule is CCC(C)CNCC1CN2CCCC2CO1. The normalized spacial score (nSPS) is 32.6. The van der Waals surface area contributed by atoms with Crippen LogP contribution >= 0.6 is 0 Å². The summed E-state index contributed by atoms with van der Waals surface area (Å²) in [6, 6.07) is 0.728. The molecule has 0 aliphatic carbocycles. The molecule has 0 spiro atoms. The average molecular weight is 226 g/mol. The maximum Gasteiger partial charge on any atom is 0.0826 e. The molecule has 94 valence electrons. The zero-order valence-electron chi connectivity index (χ0n) is 10.7. The van der Waals surface area contributed by atoms with Crippen molar-refractivity contribution in [2.45, 2.75) is 45.3 Å². The minimum atomic E-state index is 0.415. The fraction of sp³-hybridized carbons (Fsp3) is 1.00. The van der Waals surface area contributed by atoms with Gasteiger partial charge >= 0.3 is 0 Å². The van der Waals surface area contributed by atoms with Gasteiger partial charge in [0.15, 0.2) is 0 Å². The summed E-state index contributed by atoms with van der Waals surface area (Å²) >= 11 is 0. The second-order valence-corrected chi connectivity index (χ2v) is 5.42. The smallest absolute Gasteiger partial charge is 0.0826 e. The van der Waals surface area contributed by atoms with Crippen LogP contribution in [0.5, 0.6) is 0 Å². The molecule has 0 bridgehead atoms. The molecule has 0 amide bonds. The molecule has 3 nitrogen and oxygen atoms in total. The zero-order valence-corrected chi connectivity index (χ0v) is 10.7. The van der Waals surface area contributed by atoms with Crippen LogP contribution in [-0.4, -0.2) is 49.8 Å². The van der Waals surface area contributed by atoms with Crippen molar-refractivity contribution in [3.63, 3.8) is 0 Å². The maximum atomic E-state index is 5.90. The van der Waals surface area contributed by atoms with Crippen molar-refractivity contribution < 1.29 is 4.74 Å². The van der Waals surface area contributed by atoms with E-state index in [1.54, 1.807) is 0 Å². The highest BCUT2D eigenvalue weighted by Crippen LogP contribution is 2.22. The van der Waals surface area contributed by atoms with Crippen molar-refractivity contribution in [3.05, 3.63) is 0 Å². The summed E-state index contributed by atoms with van der Waals surface area (Å²) in [5.41, 5.74) is 0. The van der Waals surface area contributed by atoms with Crippen LogP contribution in [0, 0.1) is 5.92 Å². The van der Waals surface area contributed by atoms with Crippen molar-refractivity contribution in [3.8, 4) is 0 Å². The van der Waals surface area contributed by atoms with E-state index in [0.717, 1.165) is 38.2 Å². The monoisotopic (exact) mass is 226 g/mol. The van der Waals surface area contributed by atoms with Gasteiger partial charge in [-0.1, -0.05) is 20.3 Å². The van der Waals surface area contributed by atoms with E-state index >= 15 is 0 Å². The van der Waals surface area contributed by atoms with Gasteiger partial charge in [-0.15, -0.1) is 0 Å². The van der Waals surface area contributed by atoms with E-state index < -0.39 is 0 Å². The summed E-state index contributed by atoms with van der Waals surface area (Å²) in [6.07, 6.45) is 4.37. The van der Waals surface area contributed by atoms with Crippen molar-refractivity contribution in [2.24, 2.45) is 5.92 Å². The van der Waals surface area contributed by atoms with Crippen molar-refractivity contribution in [1.29, 1.82) is 0 Å². The Morgan fingerprint density at radius 2 is 2.38 bits per heavy atom. The summed E-state index contributed by atoms with van der Waals surface area (Å²) in [5.74, 6) is 0.781. The molecule has 2 saturated heterocycles. The Morgan fingerprint density at radius 3 is 3.19 bits per heavy atom. The van der Waals surface area contributed by atoms with Crippen LogP contribution in [0.1, 0.15) is 33.1 Å². The minimum absolute atomic E-state index is 0.415. The fourth-order valence-electron chi connectivity index (χ4n) is 2.64. The lowest BCUT2D eigenvalue weighted by Crippen LogP contribution is -2.49. The van der Waals surface area contributed by atoms with Gasteiger partial charge in [-0.3, -0.25) is 4.90 Å². The first-order chi connectivity index (χ1) is 7.79. The van der Waals surface area contributed by atoms with Crippen LogP contribution in [0.3, 0.4) is 0 Å². The predicted octanol–water partition coefficient (Wildman–Crippen LogP) is 1.49. The molecular weight excluding hydrogens is 200 g/mol. The number of fused-ring (bicyclic) bond motifs is 1. The molecule has 2 fully saturated rings. The zero-order chi connectivity index (χ0) is 11.4. The molecule has 16 heavy (non-hydrogen) atoms. The van der Waals surface area contributed by atoms with E-state index in [4.69, 9.17) is 4.74 Å². The van der Waals surface area contributed by atoms with E-state index in [9.17, 15) is 0 Å². The largest absolute Gasteiger partial charge is 0.374 e. The number of rotatable bonds is 5. The lowest BCUT2D eigenvalue weighted by Gasteiger charge is -2.35. The first-order valence-electron chi connectivity index (χ1n) is 6.86. The molecule has 0 radical (unpaired) electrons. The summed E-state index contributed by atoms with van der Waals surface area (Å²) in [6.45, 7) is 10.1. The summed E-state index contributed by atoms with van der Waals surface area (Å²) in [4.78, 5) is 2.61. The van der Waals surface area contributed by atoms with Gasteiger partial charge in [-0.05, 0) is 31.8 Å². The Balaban J connectivity index is 1.63. The predicted molar refractivity (Wildman–Crippen MR) is 66.7 cm³/mol. The fourth-order valence-corrected chi connectivity index (χ4v) is 2.64. The number of hydrogen-bond acceptors (Lipinski definition) is 3. The maximum absolute atomic E-state index is 5.90. The molecule has 2 heterocycles. The second-order valence-electron chi connectivity index (χ2n) is 5.42. The first kappa shape index (κ1) is 12.3. The van der Waals surface area contributed by atoms with Crippen molar-refractivity contribution >= 4 is 0 Å². The third-order valence-electron chi connectivity index (χ3n) is 4.02. The van der Waals surface area contributed by atoms with Gasteiger partial charge in [0.25, 0.3) is 0 Å². The highest BCUT2D eigenvalue weighted by atomic mass is 16.5. The molecule has 3 heteroatoms. The summed E-state index contributed by atoms with van der Waals surface area (Å²) < 4.78 is 5.90. The van der Waals surface area contributed by atoms with Crippen LogP contribution in [0.2, 0.25) is 0 Å². The molecular formula is C13H26N2O. The number of nitrogens with zero attached hydrogens (tertiary/aromatic N) is 1. The molecule has 0 aromatic heterocycles. The van der Waals surface area contributed by atoms with Crippen molar-refractivity contribution in [1.82, 2.24) is 10.2 Å². The lowest BCUT2D eigenvalue weighted by molar-refractivity contribution is -0.0471. The minimum Gasteiger partial charge on any atom is -0.374 e.